The Bertz CT molecular complexity index is 594. The third-order valence-corrected chi connectivity index (χ3v) is 4.25. The largest absolute Gasteiger partial charge is 0.310 e. The maximum atomic E-state index is 3.61. The zero-order chi connectivity index (χ0) is 13.9. The highest BCUT2D eigenvalue weighted by atomic mass is 14.9. The molecule has 1 atom stereocenters. The molecule has 0 saturated carbocycles. The van der Waals surface area contributed by atoms with Crippen LogP contribution in [0.25, 0.3) is 11.1 Å². The SMILES string of the molecule is CCCC(NCC)c1ccc2c(c1)-c1ccccc1C2. The highest BCUT2D eigenvalue weighted by molar-refractivity contribution is 5.77. The number of benzene rings is 2. The number of hydrogen-bond acceptors (Lipinski definition) is 1. The maximum Gasteiger partial charge on any atom is 0.0320 e. The van der Waals surface area contributed by atoms with Gasteiger partial charge < -0.3 is 5.32 Å². The van der Waals surface area contributed by atoms with Crippen molar-refractivity contribution in [2.45, 2.75) is 39.2 Å². The molecule has 0 aliphatic heterocycles. The minimum absolute atomic E-state index is 0.489. The Morgan fingerprint density at radius 3 is 2.60 bits per heavy atom. The van der Waals surface area contributed by atoms with Gasteiger partial charge in [0.1, 0.15) is 0 Å². The molecular formula is C19H23N. The fraction of sp³-hybridized carbons (Fsp3) is 0.368. The molecule has 2 aromatic carbocycles. The van der Waals surface area contributed by atoms with Gasteiger partial charge in [-0.25, -0.2) is 0 Å². The molecule has 1 N–H and O–H groups in total. The molecule has 1 heteroatoms. The van der Waals surface area contributed by atoms with E-state index in [9.17, 15) is 0 Å². The molecule has 1 unspecified atom stereocenters. The van der Waals surface area contributed by atoms with E-state index >= 15 is 0 Å². The van der Waals surface area contributed by atoms with E-state index in [4.69, 9.17) is 0 Å². The second-order valence-corrected chi connectivity index (χ2v) is 5.65. The van der Waals surface area contributed by atoms with Crippen LogP contribution in [0.1, 0.15) is 49.4 Å². The van der Waals surface area contributed by atoms with E-state index < -0.39 is 0 Å². The van der Waals surface area contributed by atoms with Gasteiger partial charge in [0.25, 0.3) is 0 Å². The van der Waals surface area contributed by atoms with Crippen molar-refractivity contribution in [1.82, 2.24) is 5.32 Å². The average Bonchev–Trinajstić information content (AvgIpc) is 2.85. The number of hydrogen-bond donors (Lipinski definition) is 1. The fourth-order valence-electron chi connectivity index (χ4n) is 3.28. The van der Waals surface area contributed by atoms with Gasteiger partial charge in [-0.05, 0) is 53.3 Å². The summed E-state index contributed by atoms with van der Waals surface area (Å²) in [7, 11) is 0. The molecule has 0 aromatic heterocycles. The van der Waals surface area contributed by atoms with Crippen LogP contribution >= 0.6 is 0 Å². The van der Waals surface area contributed by atoms with Crippen molar-refractivity contribution in [3.63, 3.8) is 0 Å². The van der Waals surface area contributed by atoms with Gasteiger partial charge in [0.15, 0.2) is 0 Å². The van der Waals surface area contributed by atoms with Crippen LogP contribution in [-0.4, -0.2) is 6.54 Å². The summed E-state index contributed by atoms with van der Waals surface area (Å²) in [6.07, 6.45) is 3.51. The summed E-state index contributed by atoms with van der Waals surface area (Å²) in [4.78, 5) is 0. The summed E-state index contributed by atoms with van der Waals surface area (Å²) >= 11 is 0. The summed E-state index contributed by atoms with van der Waals surface area (Å²) in [5, 5.41) is 3.61. The Morgan fingerprint density at radius 1 is 1.00 bits per heavy atom. The predicted octanol–water partition coefficient (Wildman–Crippen LogP) is 4.71. The topological polar surface area (TPSA) is 12.0 Å². The van der Waals surface area contributed by atoms with Crippen LogP contribution in [0.3, 0.4) is 0 Å². The van der Waals surface area contributed by atoms with Crippen molar-refractivity contribution in [3.8, 4) is 11.1 Å². The van der Waals surface area contributed by atoms with Crippen LogP contribution in [-0.2, 0) is 6.42 Å². The highest BCUT2D eigenvalue weighted by Crippen LogP contribution is 2.38. The van der Waals surface area contributed by atoms with Gasteiger partial charge >= 0.3 is 0 Å². The first-order valence-corrected chi connectivity index (χ1v) is 7.78. The zero-order valence-electron chi connectivity index (χ0n) is 12.4. The molecular weight excluding hydrogens is 242 g/mol. The van der Waals surface area contributed by atoms with Crippen molar-refractivity contribution in [2.24, 2.45) is 0 Å². The Labute approximate surface area is 122 Å². The van der Waals surface area contributed by atoms with Crippen LogP contribution in [0.4, 0.5) is 0 Å². The van der Waals surface area contributed by atoms with E-state index in [1.54, 1.807) is 0 Å². The zero-order valence-corrected chi connectivity index (χ0v) is 12.4. The summed E-state index contributed by atoms with van der Waals surface area (Å²) < 4.78 is 0. The average molecular weight is 265 g/mol. The third-order valence-electron chi connectivity index (χ3n) is 4.25. The van der Waals surface area contributed by atoms with Gasteiger partial charge in [-0.3, -0.25) is 0 Å². The smallest absolute Gasteiger partial charge is 0.0320 e. The Balaban J connectivity index is 1.98. The van der Waals surface area contributed by atoms with Crippen LogP contribution in [0.2, 0.25) is 0 Å². The van der Waals surface area contributed by atoms with E-state index in [1.165, 1.54) is 40.7 Å². The lowest BCUT2D eigenvalue weighted by Crippen LogP contribution is -2.20. The number of fused-ring (bicyclic) bond motifs is 3. The van der Waals surface area contributed by atoms with Gasteiger partial charge in [0.05, 0.1) is 0 Å². The van der Waals surface area contributed by atoms with E-state index in [0.717, 1.165) is 13.0 Å². The van der Waals surface area contributed by atoms with Gasteiger partial charge in [-0.2, -0.15) is 0 Å². The maximum absolute atomic E-state index is 3.61. The molecule has 0 saturated heterocycles. The van der Waals surface area contributed by atoms with E-state index in [2.05, 4.69) is 61.6 Å². The van der Waals surface area contributed by atoms with Crippen molar-refractivity contribution in [2.75, 3.05) is 6.54 Å². The second kappa shape index (κ2) is 5.80. The summed E-state index contributed by atoms with van der Waals surface area (Å²) in [5.41, 5.74) is 7.24. The van der Waals surface area contributed by atoms with Crippen molar-refractivity contribution in [3.05, 3.63) is 59.2 Å². The first kappa shape index (κ1) is 13.4. The van der Waals surface area contributed by atoms with Gasteiger partial charge in [0.2, 0.25) is 0 Å². The highest BCUT2D eigenvalue weighted by Gasteiger charge is 2.19. The van der Waals surface area contributed by atoms with E-state index in [1.807, 2.05) is 0 Å². The molecule has 1 aliphatic rings. The normalized spacial score (nSPS) is 13.9. The monoisotopic (exact) mass is 265 g/mol. The molecule has 3 rings (SSSR count). The lowest BCUT2D eigenvalue weighted by Gasteiger charge is -2.18. The van der Waals surface area contributed by atoms with E-state index in [-0.39, 0.29) is 0 Å². The molecule has 1 aliphatic carbocycles. The molecule has 0 amide bonds. The molecule has 104 valence electrons. The lowest BCUT2D eigenvalue weighted by atomic mass is 9.96. The molecule has 0 radical (unpaired) electrons. The molecule has 0 bridgehead atoms. The minimum Gasteiger partial charge on any atom is -0.310 e. The van der Waals surface area contributed by atoms with Crippen molar-refractivity contribution >= 4 is 0 Å². The van der Waals surface area contributed by atoms with Crippen LogP contribution in [0.5, 0.6) is 0 Å². The van der Waals surface area contributed by atoms with E-state index in [0.29, 0.717) is 6.04 Å². The third kappa shape index (κ3) is 2.38. The van der Waals surface area contributed by atoms with Gasteiger partial charge in [0, 0.05) is 6.04 Å². The molecule has 0 fully saturated rings. The molecule has 20 heavy (non-hydrogen) atoms. The van der Waals surface area contributed by atoms with Crippen LogP contribution in [0.15, 0.2) is 42.5 Å². The van der Waals surface area contributed by atoms with Gasteiger partial charge in [-0.15, -0.1) is 0 Å². The van der Waals surface area contributed by atoms with Crippen LogP contribution in [0, 0.1) is 0 Å². The van der Waals surface area contributed by atoms with Crippen molar-refractivity contribution in [1.29, 1.82) is 0 Å². The minimum atomic E-state index is 0.489. The van der Waals surface area contributed by atoms with Crippen molar-refractivity contribution < 1.29 is 0 Å². The first-order chi connectivity index (χ1) is 9.83. The molecule has 0 heterocycles. The standard InChI is InChI=1S/C19H23N/c1-3-7-19(20-4-2)16-11-10-15-12-14-8-5-6-9-17(14)18(15)13-16/h5-6,8-11,13,19-20H,3-4,7,12H2,1-2H3. The number of rotatable bonds is 5. The lowest BCUT2D eigenvalue weighted by molar-refractivity contribution is 0.509. The molecule has 0 spiro atoms. The summed E-state index contributed by atoms with van der Waals surface area (Å²) in [5.74, 6) is 0. The second-order valence-electron chi connectivity index (χ2n) is 5.65. The Kier molecular flexibility index (Phi) is 3.88. The summed E-state index contributed by atoms with van der Waals surface area (Å²) in [6, 6.07) is 16.3. The predicted molar refractivity (Wildman–Crippen MR) is 86.0 cm³/mol. The number of nitrogens with one attached hydrogen (secondary N) is 1. The summed E-state index contributed by atoms with van der Waals surface area (Å²) in [6.45, 7) is 5.47. The quantitative estimate of drug-likeness (QED) is 0.704. The first-order valence-electron chi connectivity index (χ1n) is 7.78. The molecule has 1 nitrogen and oxygen atoms in total. The molecule has 2 aromatic rings. The Hall–Kier alpha value is -1.60. The Morgan fingerprint density at radius 2 is 1.80 bits per heavy atom. The van der Waals surface area contributed by atoms with Crippen LogP contribution < -0.4 is 5.32 Å². The fourth-order valence-corrected chi connectivity index (χ4v) is 3.28. The van der Waals surface area contributed by atoms with Gasteiger partial charge in [-0.1, -0.05) is 56.7 Å².